The average Bonchev–Trinajstić information content (AvgIpc) is 2.52. The molecule has 0 fully saturated rings. The molecule has 4 heteroatoms. The van der Waals surface area contributed by atoms with Crippen LogP contribution in [0.25, 0.3) is 0 Å². The predicted octanol–water partition coefficient (Wildman–Crippen LogP) is 4.21. The summed E-state index contributed by atoms with van der Waals surface area (Å²) in [7, 11) is 3.30. The summed E-state index contributed by atoms with van der Waals surface area (Å²) in [5.41, 5.74) is 2.26. The van der Waals surface area contributed by atoms with E-state index in [1.807, 2.05) is 42.5 Å². The Hall–Kier alpha value is -1.71. The van der Waals surface area contributed by atoms with E-state index in [0.717, 1.165) is 22.1 Å². The lowest BCUT2D eigenvalue weighted by molar-refractivity contribution is 0.350. The second kappa shape index (κ2) is 7.34. The Bertz CT molecular complexity index is 584. The number of hydrogen-bond donors (Lipinski definition) is 1. The molecule has 0 saturated carbocycles. The van der Waals surface area contributed by atoms with Gasteiger partial charge in [0.25, 0.3) is 0 Å². The van der Waals surface area contributed by atoms with Crippen LogP contribution in [0.3, 0.4) is 0 Å². The molecule has 0 radical (unpaired) electrons. The van der Waals surface area contributed by atoms with E-state index in [1.54, 1.807) is 14.2 Å². The molecule has 0 aliphatic rings. The molecule has 0 bridgehead atoms. The summed E-state index contributed by atoms with van der Waals surface area (Å²) >= 11 is 5.91. The molecule has 0 aromatic heterocycles. The summed E-state index contributed by atoms with van der Waals surface area (Å²) in [6, 6.07) is 14.0. The zero-order valence-electron chi connectivity index (χ0n) is 12.5. The van der Waals surface area contributed by atoms with Gasteiger partial charge in [-0.25, -0.2) is 0 Å². The zero-order chi connectivity index (χ0) is 15.2. The molecule has 0 aliphatic heterocycles. The van der Waals surface area contributed by atoms with Crippen molar-refractivity contribution in [3.8, 4) is 11.5 Å². The van der Waals surface area contributed by atoms with E-state index in [4.69, 9.17) is 21.1 Å². The molecule has 0 aliphatic carbocycles. The molecular formula is C17H20ClNO2. The molecular weight excluding hydrogens is 286 g/mol. The van der Waals surface area contributed by atoms with Gasteiger partial charge in [-0.1, -0.05) is 35.9 Å². The third kappa shape index (κ3) is 3.90. The van der Waals surface area contributed by atoms with Gasteiger partial charge in [-0.3, -0.25) is 0 Å². The number of para-hydroxylation sites is 1. The van der Waals surface area contributed by atoms with Crippen LogP contribution in [0, 0.1) is 0 Å². The van der Waals surface area contributed by atoms with Crippen molar-refractivity contribution in [3.05, 3.63) is 58.6 Å². The fourth-order valence-electron chi connectivity index (χ4n) is 2.23. The van der Waals surface area contributed by atoms with Crippen LogP contribution >= 0.6 is 11.6 Å². The molecule has 0 unspecified atom stereocenters. The van der Waals surface area contributed by atoms with Gasteiger partial charge < -0.3 is 14.8 Å². The second-order valence-electron chi connectivity index (χ2n) is 4.81. The number of ether oxygens (including phenoxy) is 2. The molecule has 0 saturated heterocycles. The van der Waals surface area contributed by atoms with Gasteiger partial charge in [0.1, 0.15) is 0 Å². The van der Waals surface area contributed by atoms with Crippen molar-refractivity contribution in [1.29, 1.82) is 0 Å². The number of nitrogens with one attached hydrogen (secondary N) is 1. The monoisotopic (exact) mass is 305 g/mol. The van der Waals surface area contributed by atoms with Crippen LogP contribution in [0.2, 0.25) is 5.02 Å². The van der Waals surface area contributed by atoms with Gasteiger partial charge in [-0.2, -0.15) is 0 Å². The molecule has 21 heavy (non-hydrogen) atoms. The maximum atomic E-state index is 5.91. The van der Waals surface area contributed by atoms with E-state index in [0.29, 0.717) is 6.54 Å². The molecule has 2 aromatic carbocycles. The van der Waals surface area contributed by atoms with E-state index in [1.165, 1.54) is 5.56 Å². The topological polar surface area (TPSA) is 30.5 Å². The summed E-state index contributed by atoms with van der Waals surface area (Å²) in [6.07, 6.45) is 0. The van der Waals surface area contributed by atoms with Gasteiger partial charge in [0.05, 0.1) is 14.2 Å². The third-order valence-corrected chi connectivity index (χ3v) is 3.71. The van der Waals surface area contributed by atoms with Crippen LogP contribution in [0.4, 0.5) is 0 Å². The standard InChI is InChI=1S/C17H20ClNO2/c1-12(13-7-9-15(18)10-8-13)19-11-14-5-4-6-16(20-2)17(14)21-3/h4-10,12,19H,11H2,1-3H3/t12-/m0/s1. The highest BCUT2D eigenvalue weighted by atomic mass is 35.5. The lowest BCUT2D eigenvalue weighted by atomic mass is 10.1. The SMILES string of the molecule is COc1cccc(CN[C@@H](C)c2ccc(Cl)cc2)c1OC. The van der Waals surface area contributed by atoms with Gasteiger partial charge in [-0.15, -0.1) is 0 Å². The lowest BCUT2D eigenvalue weighted by Crippen LogP contribution is -2.18. The first-order valence-corrected chi connectivity index (χ1v) is 7.22. The molecule has 0 heterocycles. The normalized spacial score (nSPS) is 12.0. The van der Waals surface area contributed by atoms with E-state index >= 15 is 0 Å². The molecule has 112 valence electrons. The first-order valence-electron chi connectivity index (χ1n) is 6.84. The van der Waals surface area contributed by atoms with Crippen molar-refractivity contribution in [3.63, 3.8) is 0 Å². The van der Waals surface area contributed by atoms with Crippen molar-refractivity contribution < 1.29 is 9.47 Å². The molecule has 0 amide bonds. The number of halogens is 1. The lowest BCUT2D eigenvalue weighted by Gasteiger charge is -2.17. The Balaban J connectivity index is 2.07. The van der Waals surface area contributed by atoms with E-state index in [9.17, 15) is 0 Å². The van der Waals surface area contributed by atoms with Gasteiger partial charge >= 0.3 is 0 Å². The predicted molar refractivity (Wildman–Crippen MR) is 86.3 cm³/mol. The van der Waals surface area contributed by atoms with Crippen LogP contribution in [0.5, 0.6) is 11.5 Å². The second-order valence-corrected chi connectivity index (χ2v) is 5.24. The fraction of sp³-hybridized carbons (Fsp3) is 0.294. The zero-order valence-corrected chi connectivity index (χ0v) is 13.3. The van der Waals surface area contributed by atoms with E-state index < -0.39 is 0 Å². The van der Waals surface area contributed by atoms with Gasteiger partial charge in [-0.05, 0) is 30.7 Å². The van der Waals surface area contributed by atoms with Crippen molar-refractivity contribution in [1.82, 2.24) is 5.32 Å². The highest BCUT2D eigenvalue weighted by molar-refractivity contribution is 6.30. The van der Waals surface area contributed by atoms with Crippen molar-refractivity contribution in [2.45, 2.75) is 19.5 Å². The summed E-state index contributed by atoms with van der Waals surface area (Å²) in [6.45, 7) is 2.82. The summed E-state index contributed by atoms with van der Waals surface area (Å²) in [5.74, 6) is 1.52. The Morgan fingerprint density at radius 3 is 2.38 bits per heavy atom. The number of hydrogen-bond acceptors (Lipinski definition) is 3. The van der Waals surface area contributed by atoms with Crippen LogP contribution in [-0.2, 0) is 6.54 Å². The van der Waals surface area contributed by atoms with E-state index in [-0.39, 0.29) is 6.04 Å². The van der Waals surface area contributed by atoms with E-state index in [2.05, 4.69) is 12.2 Å². The Morgan fingerprint density at radius 2 is 1.76 bits per heavy atom. The van der Waals surface area contributed by atoms with Crippen molar-refractivity contribution in [2.75, 3.05) is 14.2 Å². The smallest absolute Gasteiger partial charge is 0.165 e. The minimum absolute atomic E-state index is 0.221. The van der Waals surface area contributed by atoms with Crippen LogP contribution < -0.4 is 14.8 Å². The first-order chi connectivity index (χ1) is 10.2. The van der Waals surface area contributed by atoms with Gasteiger partial charge in [0.2, 0.25) is 0 Å². The van der Waals surface area contributed by atoms with Crippen LogP contribution in [-0.4, -0.2) is 14.2 Å². The minimum Gasteiger partial charge on any atom is -0.493 e. The number of methoxy groups -OCH3 is 2. The first kappa shape index (κ1) is 15.7. The van der Waals surface area contributed by atoms with Crippen LogP contribution in [0.15, 0.2) is 42.5 Å². The highest BCUT2D eigenvalue weighted by Gasteiger charge is 2.11. The van der Waals surface area contributed by atoms with Crippen molar-refractivity contribution in [2.24, 2.45) is 0 Å². The molecule has 1 atom stereocenters. The Kier molecular flexibility index (Phi) is 5.48. The number of rotatable bonds is 6. The molecule has 1 N–H and O–H groups in total. The maximum Gasteiger partial charge on any atom is 0.165 e. The summed E-state index contributed by atoms with van der Waals surface area (Å²) in [4.78, 5) is 0. The van der Waals surface area contributed by atoms with Crippen molar-refractivity contribution >= 4 is 11.6 Å². The molecule has 2 aromatic rings. The fourth-order valence-corrected chi connectivity index (χ4v) is 2.35. The Labute approximate surface area is 130 Å². The maximum absolute atomic E-state index is 5.91. The minimum atomic E-state index is 0.221. The number of benzene rings is 2. The van der Waals surface area contributed by atoms with Gasteiger partial charge in [0.15, 0.2) is 11.5 Å². The molecule has 2 rings (SSSR count). The quantitative estimate of drug-likeness (QED) is 0.867. The average molecular weight is 306 g/mol. The van der Waals surface area contributed by atoms with Crippen LogP contribution in [0.1, 0.15) is 24.1 Å². The summed E-state index contributed by atoms with van der Waals surface area (Å²) < 4.78 is 10.8. The summed E-state index contributed by atoms with van der Waals surface area (Å²) in [5, 5.41) is 4.23. The van der Waals surface area contributed by atoms with Gasteiger partial charge in [0, 0.05) is 23.2 Å². The molecule has 0 spiro atoms. The highest BCUT2D eigenvalue weighted by Crippen LogP contribution is 2.31. The third-order valence-electron chi connectivity index (χ3n) is 3.45. The largest absolute Gasteiger partial charge is 0.493 e. The Morgan fingerprint density at radius 1 is 1.05 bits per heavy atom. The molecule has 3 nitrogen and oxygen atoms in total.